The molecule has 0 aliphatic heterocycles. The standard InChI is InChI=1S/C36H27N/c1-24-8-5-10-28(22-24)37(29-11-6-9-25(2)23-29)27-18-16-26(17-19-27)30-20-21-35-32-13-4-3-12-31(32)34-15-7-14-33(30)36(34)35/h3-23H,1-2H3. The lowest BCUT2D eigenvalue weighted by Gasteiger charge is -2.26. The molecule has 0 bridgehead atoms. The number of rotatable bonds is 4. The van der Waals surface area contributed by atoms with E-state index in [1.807, 2.05) is 0 Å². The maximum absolute atomic E-state index is 2.34. The van der Waals surface area contributed by atoms with Gasteiger partial charge in [0.15, 0.2) is 0 Å². The van der Waals surface area contributed by atoms with Crippen molar-refractivity contribution in [1.29, 1.82) is 0 Å². The first-order valence-electron chi connectivity index (χ1n) is 12.9. The molecule has 6 aromatic rings. The first-order chi connectivity index (χ1) is 18.2. The molecule has 0 saturated heterocycles. The van der Waals surface area contributed by atoms with Gasteiger partial charge in [-0.1, -0.05) is 91.0 Å². The molecule has 1 heteroatoms. The molecule has 0 fully saturated rings. The quantitative estimate of drug-likeness (QED) is 0.246. The molecule has 0 aromatic heterocycles. The van der Waals surface area contributed by atoms with Crippen LogP contribution in [-0.4, -0.2) is 0 Å². The second-order valence-electron chi connectivity index (χ2n) is 9.99. The summed E-state index contributed by atoms with van der Waals surface area (Å²) in [6.07, 6.45) is 0. The number of hydrogen-bond acceptors (Lipinski definition) is 1. The zero-order valence-electron chi connectivity index (χ0n) is 21.1. The van der Waals surface area contributed by atoms with Crippen LogP contribution in [0.25, 0.3) is 44.2 Å². The Balaban J connectivity index is 1.35. The largest absolute Gasteiger partial charge is 0.310 e. The molecular formula is C36H27N. The molecular weight excluding hydrogens is 446 g/mol. The first kappa shape index (κ1) is 21.6. The summed E-state index contributed by atoms with van der Waals surface area (Å²) in [4.78, 5) is 2.34. The van der Waals surface area contributed by atoms with Gasteiger partial charge in [-0.3, -0.25) is 0 Å². The Morgan fingerprint density at radius 2 is 0.946 bits per heavy atom. The monoisotopic (exact) mass is 473 g/mol. The van der Waals surface area contributed by atoms with Crippen LogP contribution >= 0.6 is 0 Å². The van der Waals surface area contributed by atoms with Crippen LogP contribution in [0.1, 0.15) is 11.1 Å². The molecule has 0 N–H and O–H groups in total. The highest BCUT2D eigenvalue weighted by Crippen LogP contribution is 2.49. The van der Waals surface area contributed by atoms with Crippen molar-refractivity contribution in [2.24, 2.45) is 0 Å². The SMILES string of the molecule is Cc1cccc(N(c2ccc(-c3ccc4c5c(cccc35)-c3ccccc3-4)cc2)c2cccc(C)c2)c1. The molecule has 0 saturated carbocycles. The predicted octanol–water partition coefficient (Wildman–Crippen LogP) is 10.2. The fourth-order valence-electron chi connectivity index (χ4n) is 5.83. The van der Waals surface area contributed by atoms with Gasteiger partial charge in [0, 0.05) is 17.1 Å². The van der Waals surface area contributed by atoms with Crippen molar-refractivity contribution in [2.75, 3.05) is 4.90 Å². The third-order valence-corrected chi connectivity index (χ3v) is 7.50. The number of hydrogen-bond donors (Lipinski definition) is 0. The minimum absolute atomic E-state index is 1.15. The van der Waals surface area contributed by atoms with Crippen molar-refractivity contribution in [3.05, 3.63) is 139 Å². The fraction of sp³-hybridized carbons (Fsp3) is 0.0556. The molecule has 7 rings (SSSR count). The average molecular weight is 474 g/mol. The fourth-order valence-corrected chi connectivity index (χ4v) is 5.83. The molecule has 0 spiro atoms. The topological polar surface area (TPSA) is 3.24 Å². The lowest BCUT2D eigenvalue weighted by atomic mass is 9.94. The Morgan fingerprint density at radius 1 is 0.405 bits per heavy atom. The molecule has 1 aliphatic carbocycles. The van der Waals surface area contributed by atoms with Gasteiger partial charge in [0.1, 0.15) is 0 Å². The van der Waals surface area contributed by atoms with E-state index in [1.165, 1.54) is 66.7 Å². The van der Waals surface area contributed by atoms with Crippen LogP contribution in [0.2, 0.25) is 0 Å². The minimum atomic E-state index is 1.15. The van der Waals surface area contributed by atoms with Crippen LogP contribution < -0.4 is 4.90 Å². The van der Waals surface area contributed by atoms with Crippen molar-refractivity contribution >= 4 is 27.8 Å². The second kappa shape index (κ2) is 8.50. The third kappa shape index (κ3) is 3.55. The van der Waals surface area contributed by atoms with E-state index in [1.54, 1.807) is 0 Å². The lowest BCUT2D eigenvalue weighted by Crippen LogP contribution is -2.10. The van der Waals surface area contributed by atoms with Gasteiger partial charge in [0.2, 0.25) is 0 Å². The summed E-state index contributed by atoms with van der Waals surface area (Å²) >= 11 is 0. The molecule has 6 aromatic carbocycles. The Kier molecular flexibility index (Phi) is 4.97. The van der Waals surface area contributed by atoms with E-state index in [4.69, 9.17) is 0 Å². The minimum Gasteiger partial charge on any atom is -0.310 e. The molecule has 1 nitrogen and oxygen atoms in total. The van der Waals surface area contributed by atoms with Gasteiger partial charge < -0.3 is 4.90 Å². The Labute approximate surface area is 218 Å². The highest BCUT2D eigenvalue weighted by molar-refractivity contribution is 6.18. The van der Waals surface area contributed by atoms with Crippen molar-refractivity contribution in [3.8, 4) is 33.4 Å². The van der Waals surface area contributed by atoms with E-state index in [9.17, 15) is 0 Å². The van der Waals surface area contributed by atoms with E-state index in [-0.39, 0.29) is 0 Å². The number of anilines is 3. The molecule has 0 heterocycles. The van der Waals surface area contributed by atoms with Crippen molar-refractivity contribution in [2.45, 2.75) is 13.8 Å². The van der Waals surface area contributed by atoms with Gasteiger partial charge >= 0.3 is 0 Å². The molecule has 0 unspecified atom stereocenters. The normalized spacial score (nSPS) is 11.5. The van der Waals surface area contributed by atoms with E-state index < -0.39 is 0 Å². The Bertz CT molecular complexity index is 1720. The summed E-state index contributed by atoms with van der Waals surface area (Å²) in [5, 5.41) is 2.68. The van der Waals surface area contributed by atoms with Crippen LogP contribution in [0.3, 0.4) is 0 Å². The molecule has 1 aliphatic rings. The Hall–Kier alpha value is -4.62. The van der Waals surface area contributed by atoms with Crippen LogP contribution in [0.5, 0.6) is 0 Å². The van der Waals surface area contributed by atoms with Crippen LogP contribution in [0.4, 0.5) is 17.1 Å². The number of fused-ring (bicyclic) bond motifs is 3. The van der Waals surface area contributed by atoms with E-state index in [0.717, 1.165) is 5.69 Å². The van der Waals surface area contributed by atoms with E-state index in [0.29, 0.717) is 0 Å². The lowest BCUT2D eigenvalue weighted by molar-refractivity contribution is 1.26. The van der Waals surface area contributed by atoms with Gasteiger partial charge in [-0.2, -0.15) is 0 Å². The van der Waals surface area contributed by atoms with Crippen LogP contribution in [0.15, 0.2) is 127 Å². The maximum atomic E-state index is 2.34. The van der Waals surface area contributed by atoms with Gasteiger partial charge in [0.05, 0.1) is 0 Å². The number of aryl methyl sites for hydroxylation is 2. The molecule has 37 heavy (non-hydrogen) atoms. The summed E-state index contributed by atoms with van der Waals surface area (Å²) in [5.74, 6) is 0. The highest BCUT2D eigenvalue weighted by atomic mass is 15.1. The van der Waals surface area contributed by atoms with E-state index >= 15 is 0 Å². The second-order valence-corrected chi connectivity index (χ2v) is 9.99. The average Bonchev–Trinajstić information content (AvgIpc) is 3.25. The van der Waals surface area contributed by atoms with Crippen molar-refractivity contribution in [3.63, 3.8) is 0 Å². The van der Waals surface area contributed by atoms with Crippen molar-refractivity contribution < 1.29 is 0 Å². The zero-order chi connectivity index (χ0) is 24.9. The molecule has 0 amide bonds. The summed E-state index contributed by atoms with van der Waals surface area (Å²) in [6, 6.07) is 46.5. The zero-order valence-corrected chi connectivity index (χ0v) is 21.1. The van der Waals surface area contributed by atoms with Crippen LogP contribution in [0, 0.1) is 13.8 Å². The van der Waals surface area contributed by atoms with Crippen molar-refractivity contribution in [1.82, 2.24) is 0 Å². The van der Waals surface area contributed by atoms with Gasteiger partial charge in [-0.15, -0.1) is 0 Å². The number of nitrogens with zero attached hydrogens (tertiary/aromatic N) is 1. The van der Waals surface area contributed by atoms with E-state index in [2.05, 4.69) is 146 Å². The smallest absolute Gasteiger partial charge is 0.0464 e. The first-order valence-corrected chi connectivity index (χ1v) is 12.9. The third-order valence-electron chi connectivity index (χ3n) is 7.50. The van der Waals surface area contributed by atoms with Gasteiger partial charge in [0.25, 0.3) is 0 Å². The summed E-state index contributed by atoms with van der Waals surface area (Å²) in [7, 11) is 0. The van der Waals surface area contributed by atoms with Crippen LogP contribution in [-0.2, 0) is 0 Å². The van der Waals surface area contributed by atoms with Gasteiger partial charge in [-0.25, -0.2) is 0 Å². The molecule has 0 atom stereocenters. The molecule has 176 valence electrons. The van der Waals surface area contributed by atoms with Gasteiger partial charge in [-0.05, 0) is 106 Å². The number of benzene rings is 6. The summed E-state index contributed by atoms with van der Waals surface area (Å²) in [5.41, 5.74) is 13.8. The maximum Gasteiger partial charge on any atom is 0.0464 e. The highest BCUT2D eigenvalue weighted by Gasteiger charge is 2.22. The molecule has 0 radical (unpaired) electrons. The predicted molar refractivity (Wildman–Crippen MR) is 158 cm³/mol. The summed E-state index contributed by atoms with van der Waals surface area (Å²) in [6.45, 7) is 4.30. The Morgan fingerprint density at radius 3 is 1.57 bits per heavy atom. The summed E-state index contributed by atoms with van der Waals surface area (Å²) < 4.78 is 0.